The Bertz CT molecular complexity index is 805. The van der Waals surface area contributed by atoms with Gasteiger partial charge < -0.3 is 14.2 Å². The number of hydrogen-bond donors (Lipinski definition) is 0. The van der Waals surface area contributed by atoms with Gasteiger partial charge in [0.25, 0.3) is 0 Å². The number of benzene rings is 2. The third-order valence-corrected chi connectivity index (χ3v) is 4.66. The molecule has 2 aliphatic heterocycles. The SMILES string of the molecule is CC1=CCC2N(Cc3ccccc3)C(=O)OC2(OCc2ccccc2)O1. The van der Waals surface area contributed by atoms with Crippen molar-refractivity contribution in [3.05, 3.63) is 83.6 Å². The Morgan fingerprint density at radius 2 is 1.69 bits per heavy atom. The molecule has 2 heterocycles. The molecule has 2 aromatic rings. The molecule has 4 rings (SSSR count). The van der Waals surface area contributed by atoms with Crippen LogP contribution in [-0.4, -0.2) is 23.0 Å². The lowest BCUT2D eigenvalue weighted by Gasteiger charge is -2.36. The van der Waals surface area contributed by atoms with E-state index in [1.165, 1.54) is 0 Å². The number of ether oxygens (including phenoxy) is 3. The Morgan fingerprint density at radius 1 is 1.04 bits per heavy atom. The topological polar surface area (TPSA) is 48.0 Å². The molecule has 0 N–H and O–H groups in total. The van der Waals surface area contributed by atoms with Crippen LogP contribution >= 0.6 is 0 Å². The Morgan fingerprint density at radius 3 is 2.38 bits per heavy atom. The Hall–Kier alpha value is -2.79. The van der Waals surface area contributed by atoms with Crippen LogP contribution in [0.25, 0.3) is 0 Å². The third kappa shape index (κ3) is 3.18. The molecule has 2 atom stereocenters. The van der Waals surface area contributed by atoms with E-state index in [1.54, 1.807) is 4.90 Å². The van der Waals surface area contributed by atoms with Gasteiger partial charge in [-0.2, -0.15) is 0 Å². The normalized spacial score (nSPS) is 24.5. The van der Waals surface area contributed by atoms with Gasteiger partial charge in [-0.15, -0.1) is 0 Å². The van der Waals surface area contributed by atoms with Gasteiger partial charge in [0.15, 0.2) is 0 Å². The summed E-state index contributed by atoms with van der Waals surface area (Å²) in [6.45, 7) is 2.60. The molecular formula is C21H21NO4. The smallest absolute Gasteiger partial charge is 0.415 e. The molecule has 134 valence electrons. The first kappa shape index (κ1) is 16.7. The number of nitrogens with zero attached hydrogens (tertiary/aromatic N) is 1. The van der Waals surface area contributed by atoms with Crippen molar-refractivity contribution >= 4 is 6.09 Å². The minimum absolute atomic E-state index is 0.303. The summed E-state index contributed by atoms with van der Waals surface area (Å²) in [5, 5.41) is 0. The fourth-order valence-electron chi connectivity index (χ4n) is 3.34. The molecule has 0 radical (unpaired) electrons. The number of amides is 1. The maximum Gasteiger partial charge on any atom is 0.415 e. The summed E-state index contributed by atoms with van der Waals surface area (Å²) in [5.41, 5.74) is 2.03. The van der Waals surface area contributed by atoms with Crippen molar-refractivity contribution in [3.8, 4) is 0 Å². The Kier molecular flexibility index (Phi) is 4.39. The van der Waals surface area contributed by atoms with Crippen molar-refractivity contribution in [2.75, 3.05) is 0 Å². The first-order valence-electron chi connectivity index (χ1n) is 8.73. The number of carbonyl (C=O) groups is 1. The van der Waals surface area contributed by atoms with Gasteiger partial charge in [0.2, 0.25) is 0 Å². The highest BCUT2D eigenvalue weighted by Gasteiger charge is 2.59. The van der Waals surface area contributed by atoms with E-state index in [-0.39, 0.29) is 6.04 Å². The molecule has 1 fully saturated rings. The minimum Gasteiger partial charge on any atom is -0.433 e. The average Bonchev–Trinajstić information content (AvgIpc) is 2.93. The highest BCUT2D eigenvalue weighted by Crippen LogP contribution is 2.40. The molecule has 0 aliphatic carbocycles. The fourth-order valence-corrected chi connectivity index (χ4v) is 3.34. The summed E-state index contributed by atoms with van der Waals surface area (Å²) in [6, 6.07) is 19.3. The maximum atomic E-state index is 12.6. The second kappa shape index (κ2) is 6.84. The highest BCUT2D eigenvalue weighted by molar-refractivity contribution is 5.71. The summed E-state index contributed by atoms with van der Waals surface area (Å²) >= 11 is 0. The summed E-state index contributed by atoms with van der Waals surface area (Å²) in [4.78, 5) is 14.3. The molecule has 2 aliphatic rings. The van der Waals surface area contributed by atoms with Gasteiger partial charge in [0, 0.05) is 6.54 Å². The van der Waals surface area contributed by atoms with Crippen molar-refractivity contribution in [2.24, 2.45) is 0 Å². The molecule has 5 nitrogen and oxygen atoms in total. The van der Waals surface area contributed by atoms with Gasteiger partial charge >= 0.3 is 12.1 Å². The zero-order valence-corrected chi connectivity index (χ0v) is 14.6. The van der Waals surface area contributed by atoms with Crippen molar-refractivity contribution in [1.82, 2.24) is 4.90 Å². The lowest BCUT2D eigenvalue weighted by atomic mass is 10.1. The standard InChI is InChI=1S/C21H21NO4/c1-16-12-13-19-21(25-16,24-15-18-10-6-3-7-11-18)26-20(23)22(19)14-17-8-4-2-5-9-17/h2-12,19H,13-15H2,1H3. The van der Waals surface area contributed by atoms with E-state index in [1.807, 2.05) is 73.7 Å². The summed E-state index contributed by atoms with van der Waals surface area (Å²) in [7, 11) is 0. The van der Waals surface area contributed by atoms with Crippen molar-refractivity contribution < 1.29 is 19.0 Å². The molecule has 0 aromatic heterocycles. The summed E-state index contributed by atoms with van der Waals surface area (Å²) in [6.07, 6.45) is 2.17. The molecule has 26 heavy (non-hydrogen) atoms. The van der Waals surface area contributed by atoms with E-state index in [4.69, 9.17) is 14.2 Å². The van der Waals surface area contributed by atoms with Crippen LogP contribution in [0.1, 0.15) is 24.5 Å². The first-order valence-corrected chi connectivity index (χ1v) is 8.73. The van der Waals surface area contributed by atoms with Gasteiger partial charge in [-0.05, 0) is 30.5 Å². The zero-order chi connectivity index (χ0) is 18.0. The molecular weight excluding hydrogens is 330 g/mol. The molecule has 2 aromatic carbocycles. The molecule has 0 spiro atoms. The number of fused-ring (bicyclic) bond motifs is 1. The number of carbonyl (C=O) groups excluding carboxylic acids is 1. The van der Waals surface area contributed by atoms with E-state index in [0.717, 1.165) is 11.1 Å². The highest BCUT2D eigenvalue weighted by atomic mass is 16.9. The molecule has 5 heteroatoms. The largest absolute Gasteiger partial charge is 0.433 e. The third-order valence-electron chi connectivity index (χ3n) is 4.66. The predicted molar refractivity (Wildman–Crippen MR) is 95.7 cm³/mol. The molecule has 2 unspecified atom stereocenters. The quantitative estimate of drug-likeness (QED) is 0.810. The lowest BCUT2D eigenvalue weighted by Crippen LogP contribution is -2.50. The van der Waals surface area contributed by atoms with Crippen LogP contribution in [0, 0.1) is 0 Å². The second-order valence-electron chi connectivity index (χ2n) is 6.53. The number of hydrogen-bond acceptors (Lipinski definition) is 4. The number of allylic oxidation sites excluding steroid dienone is 1. The van der Waals surface area contributed by atoms with Crippen LogP contribution in [0.5, 0.6) is 0 Å². The van der Waals surface area contributed by atoms with Crippen molar-refractivity contribution in [3.63, 3.8) is 0 Å². The predicted octanol–water partition coefficient (Wildman–Crippen LogP) is 4.20. The van der Waals surface area contributed by atoms with Gasteiger partial charge in [-0.3, -0.25) is 4.90 Å². The second-order valence-corrected chi connectivity index (χ2v) is 6.53. The van der Waals surface area contributed by atoms with Crippen LogP contribution in [0.4, 0.5) is 4.79 Å². The minimum atomic E-state index is -1.40. The van der Waals surface area contributed by atoms with Gasteiger partial charge in [0.05, 0.1) is 12.4 Å². The van der Waals surface area contributed by atoms with Gasteiger partial charge in [0.1, 0.15) is 6.04 Å². The molecule has 0 bridgehead atoms. The van der Waals surface area contributed by atoms with Crippen LogP contribution in [0.15, 0.2) is 72.5 Å². The van der Waals surface area contributed by atoms with Crippen LogP contribution in [0.3, 0.4) is 0 Å². The van der Waals surface area contributed by atoms with E-state index in [9.17, 15) is 4.79 Å². The van der Waals surface area contributed by atoms with E-state index in [2.05, 4.69) is 0 Å². The van der Waals surface area contributed by atoms with Gasteiger partial charge in [-0.25, -0.2) is 4.79 Å². The Balaban J connectivity index is 1.57. The van der Waals surface area contributed by atoms with Gasteiger partial charge in [-0.1, -0.05) is 60.7 Å². The van der Waals surface area contributed by atoms with Crippen LogP contribution < -0.4 is 0 Å². The van der Waals surface area contributed by atoms with E-state index < -0.39 is 12.1 Å². The van der Waals surface area contributed by atoms with E-state index in [0.29, 0.717) is 25.3 Å². The number of rotatable bonds is 5. The summed E-state index contributed by atoms with van der Waals surface area (Å²) in [5.74, 6) is -0.704. The van der Waals surface area contributed by atoms with Crippen molar-refractivity contribution in [1.29, 1.82) is 0 Å². The Labute approximate surface area is 152 Å². The van der Waals surface area contributed by atoms with Crippen LogP contribution in [0.2, 0.25) is 0 Å². The molecule has 1 amide bonds. The lowest BCUT2D eigenvalue weighted by molar-refractivity contribution is -0.347. The average molecular weight is 351 g/mol. The monoisotopic (exact) mass is 351 g/mol. The molecule has 1 saturated heterocycles. The van der Waals surface area contributed by atoms with E-state index >= 15 is 0 Å². The van der Waals surface area contributed by atoms with Crippen molar-refractivity contribution in [2.45, 2.75) is 38.5 Å². The van der Waals surface area contributed by atoms with Crippen LogP contribution in [-0.2, 0) is 27.4 Å². The zero-order valence-electron chi connectivity index (χ0n) is 14.6. The fraction of sp³-hybridized carbons (Fsp3) is 0.286. The maximum absolute atomic E-state index is 12.6. The summed E-state index contributed by atoms with van der Waals surface area (Å²) < 4.78 is 17.6. The first-order chi connectivity index (χ1) is 12.7. The molecule has 0 saturated carbocycles.